The number of hydrogen-bond acceptors (Lipinski definition) is 6. The topological polar surface area (TPSA) is 68.0 Å². The summed E-state index contributed by atoms with van der Waals surface area (Å²) in [5, 5.41) is 13.3. The van der Waals surface area contributed by atoms with E-state index >= 15 is 0 Å². The SMILES string of the molecule is CO[C@]12CC[C@H](OCCO)C[C@H]1N(Cc1cc(C3CC3)on1)CC2. The zero-order valence-corrected chi connectivity index (χ0v) is 14.4. The maximum atomic E-state index is 9.00. The molecule has 6 heteroatoms. The summed E-state index contributed by atoms with van der Waals surface area (Å²) in [4.78, 5) is 2.48. The molecule has 0 amide bonds. The maximum absolute atomic E-state index is 9.00. The van der Waals surface area contributed by atoms with Gasteiger partial charge in [-0.2, -0.15) is 0 Å². The van der Waals surface area contributed by atoms with Crippen molar-refractivity contribution < 1.29 is 19.1 Å². The third-order valence-corrected chi connectivity index (χ3v) is 6.02. The van der Waals surface area contributed by atoms with Crippen LogP contribution in [-0.4, -0.2) is 59.8 Å². The molecule has 1 N–H and O–H groups in total. The standard InChI is InChI=1S/C18H28N2O4/c1-22-18-5-4-15(23-9-8-21)11-17(18)20(7-6-18)12-14-10-16(24-19-14)13-2-3-13/h10,13,15,17,21H,2-9,11-12H2,1H3/t15-,17+,18-/m0/s1. The number of aliphatic hydroxyl groups is 1. The molecular formula is C18H28N2O4. The smallest absolute Gasteiger partial charge is 0.140 e. The van der Waals surface area contributed by atoms with Crippen LogP contribution in [0, 0.1) is 0 Å². The van der Waals surface area contributed by atoms with Crippen molar-refractivity contribution in [3.05, 3.63) is 17.5 Å². The van der Waals surface area contributed by atoms with Gasteiger partial charge in [-0.15, -0.1) is 0 Å². The number of ether oxygens (including phenoxy) is 2. The van der Waals surface area contributed by atoms with Crippen molar-refractivity contribution in [1.29, 1.82) is 0 Å². The molecule has 1 aromatic rings. The molecule has 3 atom stereocenters. The Morgan fingerprint density at radius 3 is 3.00 bits per heavy atom. The Morgan fingerprint density at radius 2 is 2.25 bits per heavy atom. The fraction of sp³-hybridized carbons (Fsp3) is 0.833. The highest BCUT2D eigenvalue weighted by Crippen LogP contribution is 2.44. The first-order chi connectivity index (χ1) is 11.7. The molecule has 4 rings (SSSR count). The highest BCUT2D eigenvalue weighted by atomic mass is 16.5. The minimum atomic E-state index is -0.0534. The molecule has 2 heterocycles. The Morgan fingerprint density at radius 1 is 1.38 bits per heavy atom. The van der Waals surface area contributed by atoms with Crippen LogP contribution in [0.4, 0.5) is 0 Å². The van der Waals surface area contributed by atoms with Gasteiger partial charge in [-0.1, -0.05) is 5.16 Å². The highest BCUT2D eigenvalue weighted by molar-refractivity contribution is 5.15. The summed E-state index contributed by atoms with van der Waals surface area (Å²) < 4.78 is 17.3. The quantitative estimate of drug-likeness (QED) is 0.822. The van der Waals surface area contributed by atoms with E-state index in [0.717, 1.165) is 50.2 Å². The van der Waals surface area contributed by atoms with Crippen LogP contribution in [0.2, 0.25) is 0 Å². The van der Waals surface area contributed by atoms with Gasteiger partial charge in [-0.05, 0) is 38.5 Å². The molecule has 2 aliphatic carbocycles. The summed E-state index contributed by atoms with van der Waals surface area (Å²) in [5.74, 6) is 1.66. The summed E-state index contributed by atoms with van der Waals surface area (Å²) >= 11 is 0. The van der Waals surface area contributed by atoms with Crippen molar-refractivity contribution in [3.63, 3.8) is 0 Å². The number of aromatic nitrogens is 1. The Kier molecular flexibility index (Phi) is 4.64. The van der Waals surface area contributed by atoms with E-state index in [1.807, 2.05) is 7.11 Å². The molecule has 0 spiro atoms. The van der Waals surface area contributed by atoms with E-state index in [4.69, 9.17) is 19.1 Å². The van der Waals surface area contributed by atoms with E-state index in [0.29, 0.717) is 18.6 Å². The molecule has 0 aromatic carbocycles. The lowest BCUT2D eigenvalue weighted by Crippen LogP contribution is -2.51. The van der Waals surface area contributed by atoms with Crippen LogP contribution in [0.5, 0.6) is 0 Å². The molecule has 24 heavy (non-hydrogen) atoms. The monoisotopic (exact) mass is 336 g/mol. The van der Waals surface area contributed by atoms with Gasteiger partial charge in [0.05, 0.1) is 30.6 Å². The molecule has 1 aromatic heterocycles. The Balaban J connectivity index is 1.44. The summed E-state index contributed by atoms with van der Waals surface area (Å²) in [6, 6.07) is 2.48. The molecule has 3 fully saturated rings. The fourth-order valence-electron chi connectivity index (χ4n) is 4.49. The van der Waals surface area contributed by atoms with E-state index in [1.54, 1.807) is 0 Å². The van der Waals surface area contributed by atoms with Crippen molar-refractivity contribution in [3.8, 4) is 0 Å². The van der Waals surface area contributed by atoms with Gasteiger partial charge in [0.25, 0.3) is 0 Å². The van der Waals surface area contributed by atoms with Gasteiger partial charge < -0.3 is 19.1 Å². The second kappa shape index (κ2) is 6.75. The Bertz CT molecular complexity index is 559. The van der Waals surface area contributed by atoms with Crippen LogP contribution in [0.25, 0.3) is 0 Å². The van der Waals surface area contributed by atoms with Crippen molar-refractivity contribution in [1.82, 2.24) is 10.1 Å². The zero-order chi connectivity index (χ0) is 16.6. The van der Waals surface area contributed by atoms with Gasteiger partial charge in [0.1, 0.15) is 5.76 Å². The minimum Gasteiger partial charge on any atom is -0.394 e. The lowest BCUT2D eigenvalue weighted by molar-refractivity contribution is -0.104. The average molecular weight is 336 g/mol. The molecule has 0 radical (unpaired) electrons. The normalized spacial score (nSPS) is 33.8. The third-order valence-electron chi connectivity index (χ3n) is 6.02. The van der Waals surface area contributed by atoms with E-state index in [9.17, 15) is 0 Å². The molecule has 134 valence electrons. The third kappa shape index (κ3) is 3.12. The summed E-state index contributed by atoms with van der Waals surface area (Å²) in [6.07, 6.45) is 6.73. The molecule has 0 bridgehead atoms. The van der Waals surface area contributed by atoms with Crippen molar-refractivity contribution in [2.24, 2.45) is 0 Å². The molecule has 3 aliphatic rings. The van der Waals surface area contributed by atoms with Crippen LogP contribution in [0.3, 0.4) is 0 Å². The van der Waals surface area contributed by atoms with Crippen LogP contribution < -0.4 is 0 Å². The molecule has 0 unspecified atom stereocenters. The first-order valence-corrected chi connectivity index (χ1v) is 9.21. The van der Waals surface area contributed by atoms with Crippen LogP contribution in [0.15, 0.2) is 10.6 Å². The van der Waals surface area contributed by atoms with Gasteiger partial charge in [-0.25, -0.2) is 0 Å². The zero-order valence-electron chi connectivity index (χ0n) is 14.4. The fourth-order valence-corrected chi connectivity index (χ4v) is 4.49. The summed E-state index contributed by atoms with van der Waals surface area (Å²) in [5.41, 5.74) is 0.976. The van der Waals surface area contributed by atoms with Gasteiger partial charge in [-0.3, -0.25) is 4.90 Å². The molecule has 1 aliphatic heterocycles. The second-order valence-electron chi connectivity index (χ2n) is 7.49. The average Bonchev–Trinajstić information content (AvgIpc) is 3.26. The molecular weight excluding hydrogens is 308 g/mol. The Hall–Kier alpha value is -0.950. The van der Waals surface area contributed by atoms with Crippen molar-refractivity contribution in [2.75, 3.05) is 26.9 Å². The predicted octanol–water partition coefficient (Wildman–Crippen LogP) is 2.07. The van der Waals surface area contributed by atoms with Gasteiger partial charge >= 0.3 is 0 Å². The summed E-state index contributed by atoms with van der Waals surface area (Å²) in [7, 11) is 1.84. The van der Waals surface area contributed by atoms with E-state index in [-0.39, 0.29) is 18.3 Å². The predicted molar refractivity (Wildman–Crippen MR) is 87.7 cm³/mol. The minimum absolute atomic E-state index is 0.0534. The van der Waals surface area contributed by atoms with Gasteiger partial charge in [0, 0.05) is 38.2 Å². The maximum Gasteiger partial charge on any atom is 0.140 e. The first kappa shape index (κ1) is 16.5. The Labute approximate surface area is 143 Å². The van der Waals surface area contributed by atoms with Crippen LogP contribution in [0.1, 0.15) is 55.9 Å². The highest BCUT2D eigenvalue weighted by Gasteiger charge is 2.51. The molecule has 6 nitrogen and oxygen atoms in total. The number of rotatable bonds is 7. The van der Waals surface area contributed by atoms with Crippen LogP contribution >= 0.6 is 0 Å². The first-order valence-electron chi connectivity index (χ1n) is 9.21. The number of methoxy groups -OCH3 is 1. The van der Waals surface area contributed by atoms with E-state index < -0.39 is 0 Å². The molecule has 1 saturated heterocycles. The van der Waals surface area contributed by atoms with Gasteiger partial charge in [0.2, 0.25) is 0 Å². The summed E-state index contributed by atoms with van der Waals surface area (Å²) in [6.45, 7) is 2.35. The lowest BCUT2D eigenvalue weighted by atomic mass is 9.79. The van der Waals surface area contributed by atoms with E-state index in [1.165, 1.54) is 12.8 Å². The number of fused-ring (bicyclic) bond motifs is 1. The molecule has 2 saturated carbocycles. The lowest BCUT2D eigenvalue weighted by Gasteiger charge is -2.43. The second-order valence-corrected chi connectivity index (χ2v) is 7.49. The van der Waals surface area contributed by atoms with Crippen molar-refractivity contribution in [2.45, 2.75) is 68.7 Å². The largest absolute Gasteiger partial charge is 0.394 e. The van der Waals surface area contributed by atoms with Gasteiger partial charge in [0.15, 0.2) is 0 Å². The van der Waals surface area contributed by atoms with E-state index in [2.05, 4.69) is 16.1 Å². The van der Waals surface area contributed by atoms with Crippen molar-refractivity contribution >= 4 is 0 Å². The number of likely N-dealkylation sites (tertiary alicyclic amines) is 1. The number of hydrogen-bond donors (Lipinski definition) is 1. The number of nitrogens with zero attached hydrogens (tertiary/aromatic N) is 2. The number of aliphatic hydroxyl groups excluding tert-OH is 1. The van der Waals surface area contributed by atoms with Crippen LogP contribution in [-0.2, 0) is 16.0 Å².